The van der Waals surface area contributed by atoms with Gasteiger partial charge in [-0.3, -0.25) is 4.79 Å². The Morgan fingerprint density at radius 2 is 2.06 bits per heavy atom. The fourth-order valence-electron chi connectivity index (χ4n) is 1.34. The molecule has 0 radical (unpaired) electrons. The molecule has 0 atom stereocenters. The molecule has 2 aromatic rings. The van der Waals surface area contributed by atoms with Crippen LogP contribution in [-0.4, -0.2) is 10.2 Å². The van der Waals surface area contributed by atoms with E-state index in [0.717, 1.165) is 10.0 Å². The highest BCUT2D eigenvalue weighted by Gasteiger charge is 2.04. The van der Waals surface area contributed by atoms with Gasteiger partial charge in [0.05, 0.1) is 11.9 Å². The van der Waals surface area contributed by atoms with E-state index in [1.54, 1.807) is 6.20 Å². The van der Waals surface area contributed by atoms with E-state index in [1.807, 2.05) is 24.3 Å². The molecule has 2 rings (SSSR count). The van der Waals surface area contributed by atoms with E-state index in [1.165, 1.54) is 0 Å². The van der Waals surface area contributed by atoms with Gasteiger partial charge in [0.15, 0.2) is 0 Å². The molecule has 88 valence electrons. The third-order valence-electron chi connectivity index (χ3n) is 2.22. The summed E-state index contributed by atoms with van der Waals surface area (Å²) in [4.78, 5) is 11.3. The summed E-state index contributed by atoms with van der Waals surface area (Å²) >= 11 is 6.68. The number of H-pyrrole nitrogens is 1. The van der Waals surface area contributed by atoms with E-state index in [9.17, 15) is 4.79 Å². The van der Waals surface area contributed by atoms with Crippen molar-refractivity contribution in [1.29, 1.82) is 0 Å². The number of hydrogen-bond acceptors (Lipinski definition) is 3. The number of nitrogens with one attached hydrogen (secondary N) is 2. The van der Waals surface area contributed by atoms with E-state index in [0.29, 0.717) is 16.7 Å². The smallest absolute Gasteiger partial charge is 0.280 e. The molecule has 0 aliphatic carbocycles. The minimum absolute atomic E-state index is 0.248. The van der Waals surface area contributed by atoms with E-state index in [2.05, 4.69) is 47.4 Å². The maximum atomic E-state index is 11.3. The molecule has 6 heteroatoms. The highest BCUT2D eigenvalue weighted by molar-refractivity contribution is 9.10. The van der Waals surface area contributed by atoms with Crippen LogP contribution in [0.25, 0.3) is 0 Å². The number of nitrogens with zero attached hydrogens (tertiary/aromatic N) is 1. The van der Waals surface area contributed by atoms with Gasteiger partial charge in [0.2, 0.25) is 0 Å². The van der Waals surface area contributed by atoms with E-state index >= 15 is 0 Å². The maximum absolute atomic E-state index is 11.3. The van der Waals surface area contributed by atoms with E-state index in [-0.39, 0.29) is 5.56 Å². The van der Waals surface area contributed by atoms with Crippen LogP contribution in [0.5, 0.6) is 0 Å². The molecule has 17 heavy (non-hydrogen) atoms. The summed E-state index contributed by atoms with van der Waals surface area (Å²) in [5, 5.41) is 9.24. The Morgan fingerprint density at radius 3 is 2.82 bits per heavy atom. The van der Waals surface area contributed by atoms with Gasteiger partial charge in [-0.1, -0.05) is 34.1 Å². The summed E-state index contributed by atoms with van der Waals surface area (Å²) in [6.45, 7) is 0.616. The van der Waals surface area contributed by atoms with Crippen molar-refractivity contribution in [1.82, 2.24) is 10.2 Å². The second kappa shape index (κ2) is 5.46. The Bertz CT molecular complexity index is 583. The third-order valence-corrected chi connectivity index (χ3v) is 3.78. The first kappa shape index (κ1) is 12.3. The number of benzene rings is 1. The zero-order valence-corrected chi connectivity index (χ0v) is 11.9. The van der Waals surface area contributed by atoms with Crippen molar-refractivity contribution in [2.75, 3.05) is 5.32 Å². The molecule has 1 aromatic heterocycles. The third kappa shape index (κ3) is 2.95. The summed E-state index contributed by atoms with van der Waals surface area (Å²) in [6, 6.07) is 7.90. The molecule has 0 aliphatic rings. The molecule has 0 saturated heterocycles. The van der Waals surface area contributed by atoms with E-state index < -0.39 is 0 Å². The normalized spacial score (nSPS) is 10.2. The van der Waals surface area contributed by atoms with Crippen molar-refractivity contribution in [2.24, 2.45) is 0 Å². The largest absolute Gasteiger partial charge is 0.379 e. The van der Waals surface area contributed by atoms with Crippen molar-refractivity contribution in [3.05, 3.63) is 55.3 Å². The molecule has 4 nitrogen and oxygen atoms in total. The van der Waals surface area contributed by atoms with Gasteiger partial charge in [-0.2, -0.15) is 5.10 Å². The van der Waals surface area contributed by atoms with Crippen LogP contribution in [-0.2, 0) is 6.54 Å². The van der Waals surface area contributed by atoms with Crippen LogP contribution < -0.4 is 10.9 Å². The Balaban J connectivity index is 2.16. The van der Waals surface area contributed by atoms with Crippen LogP contribution in [0.15, 0.2) is 44.2 Å². The van der Waals surface area contributed by atoms with Gasteiger partial charge >= 0.3 is 0 Å². The van der Waals surface area contributed by atoms with Crippen molar-refractivity contribution in [3.63, 3.8) is 0 Å². The lowest BCUT2D eigenvalue weighted by Gasteiger charge is -2.08. The Kier molecular flexibility index (Phi) is 3.96. The molecule has 2 N–H and O–H groups in total. The monoisotopic (exact) mass is 357 g/mol. The van der Waals surface area contributed by atoms with Gasteiger partial charge in [-0.15, -0.1) is 0 Å². The van der Waals surface area contributed by atoms with Gasteiger partial charge in [0.1, 0.15) is 4.47 Å². The molecule has 1 aromatic carbocycles. The lowest BCUT2D eigenvalue weighted by atomic mass is 10.2. The summed E-state index contributed by atoms with van der Waals surface area (Å²) in [5.41, 5.74) is 1.53. The number of hydrogen-bond donors (Lipinski definition) is 2. The molecule has 0 aliphatic heterocycles. The first-order chi connectivity index (χ1) is 8.18. The Morgan fingerprint density at radius 1 is 1.29 bits per heavy atom. The number of anilines is 1. The van der Waals surface area contributed by atoms with Crippen molar-refractivity contribution >= 4 is 37.5 Å². The van der Waals surface area contributed by atoms with Crippen LogP contribution in [0, 0.1) is 0 Å². The average Bonchev–Trinajstić information content (AvgIpc) is 2.33. The maximum Gasteiger partial charge on any atom is 0.280 e. The zero-order chi connectivity index (χ0) is 12.3. The van der Waals surface area contributed by atoms with Crippen molar-refractivity contribution < 1.29 is 0 Å². The summed E-state index contributed by atoms with van der Waals surface area (Å²) in [7, 11) is 0. The summed E-state index contributed by atoms with van der Waals surface area (Å²) in [6.07, 6.45) is 1.57. The highest BCUT2D eigenvalue weighted by Crippen LogP contribution is 2.20. The van der Waals surface area contributed by atoms with Gasteiger partial charge in [-0.05, 0) is 27.6 Å². The summed E-state index contributed by atoms with van der Waals surface area (Å²) < 4.78 is 1.49. The zero-order valence-electron chi connectivity index (χ0n) is 8.71. The number of aromatic nitrogens is 2. The molecule has 0 bridgehead atoms. The molecule has 0 spiro atoms. The van der Waals surface area contributed by atoms with Gasteiger partial charge in [-0.25, -0.2) is 5.10 Å². The Hall–Kier alpha value is -1.14. The molecule has 0 amide bonds. The number of rotatable bonds is 3. The number of aromatic amines is 1. The molecular weight excluding hydrogens is 350 g/mol. The van der Waals surface area contributed by atoms with Crippen LogP contribution >= 0.6 is 31.9 Å². The van der Waals surface area contributed by atoms with Gasteiger partial charge < -0.3 is 5.32 Å². The van der Waals surface area contributed by atoms with Crippen LogP contribution in [0.3, 0.4) is 0 Å². The number of halogens is 2. The molecule has 0 saturated carbocycles. The highest BCUT2D eigenvalue weighted by atomic mass is 79.9. The van der Waals surface area contributed by atoms with E-state index in [4.69, 9.17) is 0 Å². The fraction of sp³-hybridized carbons (Fsp3) is 0.0909. The predicted molar refractivity (Wildman–Crippen MR) is 74.0 cm³/mol. The molecule has 0 fully saturated rings. The molecular formula is C11H9Br2N3O. The Labute approximate surface area is 115 Å². The second-order valence-electron chi connectivity index (χ2n) is 3.37. The van der Waals surface area contributed by atoms with Gasteiger partial charge in [0, 0.05) is 11.0 Å². The molecule has 1 heterocycles. The first-order valence-corrected chi connectivity index (χ1v) is 6.47. The van der Waals surface area contributed by atoms with Gasteiger partial charge in [0.25, 0.3) is 5.56 Å². The van der Waals surface area contributed by atoms with Crippen LogP contribution in [0.2, 0.25) is 0 Å². The van der Waals surface area contributed by atoms with Crippen LogP contribution in [0.4, 0.5) is 5.69 Å². The minimum Gasteiger partial charge on any atom is -0.379 e. The second-order valence-corrected chi connectivity index (χ2v) is 5.02. The topological polar surface area (TPSA) is 57.8 Å². The van der Waals surface area contributed by atoms with Crippen molar-refractivity contribution in [2.45, 2.75) is 6.54 Å². The van der Waals surface area contributed by atoms with Crippen LogP contribution in [0.1, 0.15) is 5.56 Å². The standard InChI is InChI=1S/C11H9Br2N3O/c12-8-4-2-1-3-7(8)5-14-9-6-15-16-11(17)10(9)13/h1-4,6H,5H2,(H2,14,16,17). The minimum atomic E-state index is -0.248. The molecule has 0 unspecified atom stereocenters. The fourth-order valence-corrected chi connectivity index (χ4v) is 2.10. The lowest BCUT2D eigenvalue weighted by molar-refractivity contribution is 0.970. The quantitative estimate of drug-likeness (QED) is 0.886. The first-order valence-electron chi connectivity index (χ1n) is 4.89. The predicted octanol–water partition coefficient (Wildman–Crippen LogP) is 2.91. The lowest BCUT2D eigenvalue weighted by Crippen LogP contribution is -2.12. The van der Waals surface area contributed by atoms with Crippen molar-refractivity contribution in [3.8, 4) is 0 Å². The summed E-state index contributed by atoms with van der Waals surface area (Å²) in [5.74, 6) is 0. The SMILES string of the molecule is O=c1[nH]ncc(NCc2ccccc2Br)c1Br. The average molecular weight is 359 g/mol.